The molecule has 20 heavy (non-hydrogen) atoms. The third kappa shape index (κ3) is 2.51. The zero-order valence-corrected chi connectivity index (χ0v) is 10.6. The molecule has 2 heterocycles. The zero-order chi connectivity index (χ0) is 13.9. The van der Waals surface area contributed by atoms with Crippen LogP contribution in [0, 0.1) is 5.82 Å². The van der Waals surface area contributed by atoms with Crippen LogP contribution in [0.25, 0.3) is 10.9 Å². The van der Waals surface area contributed by atoms with Crippen LogP contribution in [0.1, 0.15) is 5.56 Å². The Kier molecular flexibility index (Phi) is 3.16. The van der Waals surface area contributed by atoms with E-state index in [9.17, 15) is 9.18 Å². The molecule has 0 spiro atoms. The van der Waals surface area contributed by atoms with Gasteiger partial charge in [0.1, 0.15) is 11.6 Å². The van der Waals surface area contributed by atoms with Gasteiger partial charge in [0.25, 0.3) is 0 Å². The Hall–Kier alpha value is -2.69. The minimum absolute atomic E-state index is 0.186. The van der Waals surface area contributed by atoms with Crippen LogP contribution in [0.5, 0.6) is 0 Å². The van der Waals surface area contributed by atoms with E-state index in [0.29, 0.717) is 5.82 Å². The van der Waals surface area contributed by atoms with Crippen molar-refractivity contribution in [3.63, 3.8) is 0 Å². The minimum atomic E-state index is -0.431. The molecule has 3 aromatic rings. The molecule has 0 saturated heterocycles. The number of nitrogens with one attached hydrogen (secondary N) is 2. The summed E-state index contributed by atoms with van der Waals surface area (Å²) in [6.07, 6.45) is 3.13. The Labute approximate surface area is 114 Å². The van der Waals surface area contributed by atoms with Crippen molar-refractivity contribution < 1.29 is 9.18 Å². The number of para-hydroxylation sites is 1. The number of hydrogen-bond donors (Lipinski definition) is 2. The first kappa shape index (κ1) is 12.3. The maximum atomic E-state index is 12.7. The fraction of sp³-hybridized carbons (Fsp3) is 0.0667. The number of amides is 1. The van der Waals surface area contributed by atoms with Gasteiger partial charge in [-0.05, 0) is 23.8 Å². The van der Waals surface area contributed by atoms with E-state index in [-0.39, 0.29) is 12.3 Å². The smallest absolute Gasteiger partial charge is 0.230 e. The van der Waals surface area contributed by atoms with Gasteiger partial charge in [0.2, 0.25) is 5.91 Å². The van der Waals surface area contributed by atoms with Gasteiger partial charge in [-0.25, -0.2) is 9.37 Å². The molecule has 1 aromatic carbocycles. The second-order valence-electron chi connectivity index (χ2n) is 4.45. The summed E-state index contributed by atoms with van der Waals surface area (Å²) in [4.78, 5) is 18.9. The van der Waals surface area contributed by atoms with E-state index in [1.165, 1.54) is 12.1 Å². The summed E-state index contributed by atoms with van der Waals surface area (Å²) in [6.45, 7) is 0. The minimum Gasteiger partial charge on any atom is -0.361 e. The molecule has 0 aliphatic carbocycles. The van der Waals surface area contributed by atoms with E-state index < -0.39 is 5.82 Å². The summed E-state index contributed by atoms with van der Waals surface area (Å²) in [5.41, 5.74) is 1.91. The molecule has 0 unspecified atom stereocenters. The second kappa shape index (κ2) is 5.13. The van der Waals surface area contributed by atoms with E-state index in [0.717, 1.165) is 22.7 Å². The highest BCUT2D eigenvalue weighted by Gasteiger charge is 2.09. The van der Waals surface area contributed by atoms with E-state index >= 15 is 0 Å². The lowest BCUT2D eigenvalue weighted by Gasteiger charge is -2.03. The topological polar surface area (TPSA) is 57.8 Å². The lowest BCUT2D eigenvalue weighted by molar-refractivity contribution is -0.115. The average molecular weight is 269 g/mol. The Morgan fingerprint density at radius 2 is 2.10 bits per heavy atom. The van der Waals surface area contributed by atoms with Crippen molar-refractivity contribution in [3.8, 4) is 0 Å². The lowest BCUT2D eigenvalue weighted by atomic mass is 10.1. The fourth-order valence-corrected chi connectivity index (χ4v) is 2.09. The number of rotatable bonds is 3. The quantitative estimate of drug-likeness (QED) is 0.768. The number of benzene rings is 1. The first-order chi connectivity index (χ1) is 9.72. The fourth-order valence-electron chi connectivity index (χ4n) is 2.09. The summed E-state index contributed by atoms with van der Waals surface area (Å²) >= 11 is 0. The lowest BCUT2D eigenvalue weighted by Crippen LogP contribution is -2.15. The van der Waals surface area contributed by atoms with Crippen LogP contribution in [0.3, 0.4) is 0 Å². The molecule has 2 aromatic heterocycles. The number of carbonyl (C=O) groups excluding carboxylic acids is 1. The number of pyridine rings is 1. The van der Waals surface area contributed by atoms with Gasteiger partial charge in [-0.1, -0.05) is 18.2 Å². The van der Waals surface area contributed by atoms with Gasteiger partial charge in [0.15, 0.2) is 0 Å². The summed E-state index contributed by atoms with van der Waals surface area (Å²) in [7, 11) is 0. The number of fused-ring (bicyclic) bond motifs is 1. The number of aromatic nitrogens is 2. The number of hydrogen-bond acceptors (Lipinski definition) is 2. The van der Waals surface area contributed by atoms with Crippen LogP contribution >= 0.6 is 0 Å². The first-order valence-electron chi connectivity index (χ1n) is 6.19. The van der Waals surface area contributed by atoms with Gasteiger partial charge in [-0.3, -0.25) is 4.79 Å². The highest BCUT2D eigenvalue weighted by molar-refractivity contribution is 5.95. The van der Waals surface area contributed by atoms with Gasteiger partial charge in [-0.2, -0.15) is 0 Å². The van der Waals surface area contributed by atoms with Crippen LogP contribution < -0.4 is 5.32 Å². The van der Waals surface area contributed by atoms with Gasteiger partial charge >= 0.3 is 0 Å². The highest BCUT2D eigenvalue weighted by Crippen LogP contribution is 2.18. The molecule has 0 saturated carbocycles. The van der Waals surface area contributed by atoms with Crippen molar-refractivity contribution in [2.75, 3.05) is 5.32 Å². The highest BCUT2D eigenvalue weighted by atomic mass is 19.1. The number of carbonyl (C=O) groups is 1. The molecule has 0 atom stereocenters. The predicted molar refractivity (Wildman–Crippen MR) is 74.8 cm³/mol. The molecule has 4 nitrogen and oxygen atoms in total. The van der Waals surface area contributed by atoms with Crippen molar-refractivity contribution in [2.24, 2.45) is 0 Å². The first-order valence-corrected chi connectivity index (χ1v) is 6.19. The monoisotopic (exact) mass is 269 g/mol. The summed E-state index contributed by atoms with van der Waals surface area (Å²) in [5, 5.41) is 3.66. The van der Waals surface area contributed by atoms with E-state index in [1.807, 2.05) is 30.5 Å². The van der Waals surface area contributed by atoms with Gasteiger partial charge < -0.3 is 10.3 Å². The number of anilines is 1. The van der Waals surface area contributed by atoms with E-state index in [1.54, 1.807) is 0 Å². The average Bonchev–Trinajstić information content (AvgIpc) is 2.85. The zero-order valence-electron chi connectivity index (χ0n) is 10.6. The second-order valence-corrected chi connectivity index (χ2v) is 4.45. The molecule has 3 rings (SSSR count). The molecular weight excluding hydrogens is 257 g/mol. The Morgan fingerprint density at radius 3 is 2.90 bits per heavy atom. The standard InChI is InChI=1S/C15H12FN3O/c16-11-5-6-14(18-9-11)19-15(20)7-10-8-17-13-4-2-1-3-12(10)13/h1-6,8-9,17H,7H2,(H,18,19,20). The van der Waals surface area contributed by atoms with Crippen molar-refractivity contribution in [1.82, 2.24) is 9.97 Å². The van der Waals surface area contributed by atoms with Crippen LogP contribution in [0.4, 0.5) is 10.2 Å². The van der Waals surface area contributed by atoms with E-state index in [2.05, 4.69) is 15.3 Å². The summed E-state index contributed by atoms with van der Waals surface area (Å²) in [5.74, 6) is -0.273. The number of H-pyrrole nitrogens is 1. The van der Waals surface area contributed by atoms with Crippen molar-refractivity contribution >= 4 is 22.6 Å². The van der Waals surface area contributed by atoms with Crippen molar-refractivity contribution in [3.05, 3.63) is 60.2 Å². The van der Waals surface area contributed by atoms with Crippen molar-refractivity contribution in [1.29, 1.82) is 0 Å². The third-order valence-electron chi connectivity index (χ3n) is 3.02. The largest absolute Gasteiger partial charge is 0.361 e. The normalized spacial score (nSPS) is 10.7. The van der Waals surface area contributed by atoms with Crippen LogP contribution in [0.2, 0.25) is 0 Å². The van der Waals surface area contributed by atoms with Gasteiger partial charge in [0.05, 0.1) is 12.6 Å². The predicted octanol–water partition coefficient (Wildman–Crippen LogP) is 2.88. The van der Waals surface area contributed by atoms with Gasteiger partial charge in [-0.15, -0.1) is 0 Å². The van der Waals surface area contributed by atoms with E-state index in [4.69, 9.17) is 0 Å². The summed E-state index contributed by atoms with van der Waals surface area (Å²) in [6, 6.07) is 10.5. The Bertz CT molecular complexity index is 749. The molecule has 0 aliphatic rings. The molecule has 0 bridgehead atoms. The Balaban J connectivity index is 1.74. The molecule has 5 heteroatoms. The molecule has 0 radical (unpaired) electrons. The third-order valence-corrected chi connectivity index (χ3v) is 3.02. The Morgan fingerprint density at radius 1 is 1.25 bits per heavy atom. The number of aromatic amines is 1. The SMILES string of the molecule is O=C(Cc1c[nH]c2ccccc12)Nc1ccc(F)cn1. The number of nitrogens with zero attached hydrogens (tertiary/aromatic N) is 1. The molecule has 100 valence electrons. The molecule has 0 fully saturated rings. The molecular formula is C15H12FN3O. The van der Waals surface area contributed by atoms with Gasteiger partial charge in [0, 0.05) is 17.1 Å². The summed E-state index contributed by atoms with van der Waals surface area (Å²) < 4.78 is 12.7. The van der Waals surface area contributed by atoms with Crippen LogP contribution in [0.15, 0.2) is 48.8 Å². The van der Waals surface area contributed by atoms with Crippen LogP contribution in [-0.4, -0.2) is 15.9 Å². The molecule has 1 amide bonds. The number of halogens is 1. The maximum absolute atomic E-state index is 12.7. The molecule has 2 N–H and O–H groups in total. The van der Waals surface area contributed by atoms with Crippen LogP contribution in [-0.2, 0) is 11.2 Å². The van der Waals surface area contributed by atoms with Crippen molar-refractivity contribution in [2.45, 2.75) is 6.42 Å². The maximum Gasteiger partial charge on any atom is 0.230 e. The molecule has 0 aliphatic heterocycles.